The zero-order chi connectivity index (χ0) is 20.0. The van der Waals surface area contributed by atoms with Crippen LogP contribution in [0.25, 0.3) is 0 Å². The van der Waals surface area contributed by atoms with Crippen molar-refractivity contribution in [3.05, 3.63) is 84.2 Å². The van der Waals surface area contributed by atoms with Gasteiger partial charge >= 0.3 is 5.97 Å². The molecule has 0 saturated heterocycles. The summed E-state index contributed by atoms with van der Waals surface area (Å²) in [6.07, 6.45) is 1.60. The minimum absolute atomic E-state index is 0.0146. The lowest BCUT2D eigenvalue weighted by Gasteiger charge is -2.12. The Balaban J connectivity index is 1.78. The van der Waals surface area contributed by atoms with Crippen LogP contribution in [0.15, 0.2) is 77.8 Å². The molecular formula is C20H18N2O5S. The number of anilines is 1. The summed E-state index contributed by atoms with van der Waals surface area (Å²) in [7, 11) is -2.39. The number of nitrogens with zero attached hydrogens (tertiary/aromatic N) is 1. The van der Waals surface area contributed by atoms with Crippen LogP contribution in [0.4, 0.5) is 5.69 Å². The molecule has 0 aliphatic carbocycles. The average Bonchev–Trinajstić information content (AvgIpc) is 2.73. The molecule has 0 fully saturated rings. The van der Waals surface area contributed by atoms with Gasteiger partial charge in [0.25, 0.3) is 10.0 Å². The minimum atomic E-state index is -3.89. The fraction of sp³-hybridized carbons (Fsp3) is 0.100. The van der Waals surface area contributed by atoms with Gasteiger partial charge in [-0.1, -0.05) is 18.2 Å². The maximum Gasteiger partial charge on any atom is 0.340 e. The van der Waals surface area contributed by atoms with Gasteiger partial charge in [-0.3, -0.25) is 9.71 Å². The van der Waals surface area contributed by atoms with Gasteiger partial charge in [0.1, 0.15) is 12.4 Å². The number of carbonyl (C=O) groups excluding carboxylic acids is 1. The average molecular weight is 398 g/mol. The Bertz CT molecular complexity index is 1050. The molecule has 1 aromatic heterocycles. The van der Waals surface area contributed by atoms with Crippen LogP contribution in [0.1, 0.15) is 16.1 Å². The smallest absolute Gasteiger partial charge is 0.340 e. The van der Waals surface area contributed by atoms with Crippen molar-refractivity contribution in [3.8, 4) is 5.75 Å². The number of carbonyl (C=O) groups is 1. The molecule has 3 rings (SSSR count). The van der Waals surface area contributed by atoms with E-state index in [1.54, 1.807) is 48.7 Å². The summed E-state index contributed by atoms with van der Waals surface area (Å²) in [6, 6.07) is 17.4. The number of benzene rings is 2. The number of para-hydroxylation sites is 1. The van der Waals surface area contributed by atoms with Gasteiger partial charge in [-0.15, -0.1) is 0 Å². The third-order valence-electron chi connectivity index (χ3n) is 3.84. The first-order valence-electron chi connectivity index (χ1n) is 8.32. The van der Waals surface area contributed by atoms with E-state index >= 15 is 0 Å². The molecule has 0 saturated carbocycles. The molecule has 0 atom stereocenters. The van der Waals surface area contributed by atoms with Crippen LogP contribution >= 0.6 is 0 Å². The summed E-state index contributed by atoms with van der Waals surface area (Å²) in [5.74, 6) is -0.115. The Morgan fingerprint density at radius 2 is 1.71 bits per heavy atom. The number of sulfonamides is 1. The largest absolute Gasteiger partial charge is 0.497 e. The highest BCUT2D eigenvalue weighted by atomic mass is 32.2. The zero-order valence-corrected chi connectivity index (χ0v) is 15.8. The first kappa shape index (κ1) is 19.4. The highest BCUT2D eigenvalue weighted by Gasteiger charge is 2.19. The first-order valence-corrected chi connectivity index (χ1v) is 9.81. The predicted molar refractivity (Wildman–Crippen MR) is 104 cm³/mol. The van der Waals surface area contributed by atoms with Crippen LogP contribution in [0, 0.1) is 0 Å². The van der Waals surface area contributed by atoms with E-state index in [9.17, 15) is 13.2 Å². The van der Waals surface area contributed by atoms with E-state index in [2.05, 4.69) is 9.71 Å². The van der Waals surface area contributed by atoms with Crippen LogP contribution in [-0.2, 0) is 21.4 Å². The quantitative estimate of drug-likeness (QED) is 0.614. The van der Waals surface area contributed by atoms with Gasteiger partial charge in [0, 0.05) is 6.20 Å². The summed E-state index contributed by atoms with van der Waals surface area (Å²) < 4.78 is 38.0. The molecule has 0 amide bonds. The van der Waals surface area contributed by atoms with E-state index < -0.39 is 16.0 Å². The number of esters is 1. The van der Waals surface area contributed by atoms with Crippen molar-refractivity contribution in [2.75, 3.05) is 11.8 Å². The molecule has 1 N–H and O–H groups in total. The van der Waals surface area contributed by atoms with Crippen molar-refractivity contribution >= 4 is 21.7 Å². The van der Waals surface area contributed by atoms with E-state index in [0.29, 0.717) is 11.4 Å². The van der Waals surface area contributed by atoms with Crippen LogP contribution < -0.4 is 9.46 Å². The van der Waals surface area contributed by atoms with Gasteiger partial charge in [0.05, 0.1) is 29.0 Å². The first-order chi connectivity index (χ1) is 13.5. The molecule has 0 unspecified atom stereocenters. The number of pyridine rings is 1. The van der Waals surface area contributed by atoms with Gasteiger partial charge in [0.2, 0.25) is 0 Å². The molecule has 2 aromatic carbocycles. The molecule has 0 bridgehead atoms. The van der Waals surface area contributed by atoms with Crippen molar-refractivity contribution in [1.29, 1.82) is 0 Å². The molecular weight excluding hydrogens is 380 g/mol. The Morgan fingerprint density at radius 1 is 1.00 bits per heavy atom. The van der Waals surface area contributed by atoms with Gasteiger partial charge in [0.15, 0.2) is 0 Å². The Hall–Kier alpha value is -3.39. The molecule has 28 heavy (non-hydrogen) atoms. The number of methoxy groups -OCH3 is 1. The van der Waals surface area contributed by atoms with Gasteiger partial charge in [-0.2, -0.15) is 0 Å². The third-order valence-corrected chi connectivity index (χ3v) is 5.22. The molecule has 8 heteroatoms. The molecule has 0 radical (unpaired) electrons. The Kier molecular flexibility index (Phi) is 5.90. The zero-order valence-electron chi connectivity index (χ0n) is 15.0. The molecule has 0 aliphatic rings. The molecule has 144 valence electrons. The second kappa shape index (κ2) is 8.53. The van der Waals surface area contributed by atoms with Gasteiger partial charge in [-0.25, -0.2) is 13.2 Å². The number of ether oxygens (including phenoxy) is 2. The van der Waals surface area contributed by atoms with Crippen molar-refractivity contribution in [3.63, 3.8) is 0 Å². The van der Waals surface area contributed by atoms with Crippen molar-refractivity contribution in [2.24, 2.45) is 0 Å². The van der Waals surface area contributed by atoms with Crippen LogP contribution in [0.3, 0.4) is 0 Å². The lowest BCUT2D eigenvalue weighted by atomic mass is 10.2. The molecule has 0 spiro atoms. The van der Waals surface area contributed by atoms with Gasteiger partial charge < -0.3 is 9.47 Å². The van der Waals surface area contributed by atoms with E-state index in [1.165, 1.54) is 31.4 Å². The number of rotatable bonds is 7. The number of aromatic nitrogens is 1. The molecule has 0 aliphatic heterocycles. The van der Waals surface area contributed by atoms with E-state index in [0.717, 1.165) is 0 Å². The molecule has 3 aromatic rings. The molecule has 1 heterocycles. The summed E-state index contributed by atoms with van der Waals surface area (Å²) in [5.41, 5.74) is 0.826. The number of hydrogen-bond donors (Lipinski definition) is 1. The summed E-state index contributed by atoms with van der Waals surface area (Å²) in [5, 5.41) is 0. The fourth-order valence-electron chi connectivity index (χ4n) is 2.41. The van der Waals surface area contributed by atoms with Crippen molar-refractivity contribution in [1.82, 2.24) is 4.98 Å². The van der Waals surface area contributed by atoms with E-state index in [-0.39, 0.29) is 22.8 Å². The number of hydrogen-bond acceptors (Lipinski definition) is 6. The highest BCUT2D eigenvalue weighted by molar-refractivity contribution is 7.92. The monoisotopic (exact) mass is 398 g/mol. The maximum absolute atomic E-state index is 12.6. The topological polar surface area (TPSA) is 94.6 Å². The van der Waals surface area contributed by atoms with Crippen LogP contribution in [-0.4, -0.2) is 26.5 Å². The second-order valence-corrected chi connectivity index (χ2v) is 7.41. The number of nitrogens with one attached hydrogen (secondary N) is 1. The highest BCUT2D eigenvalue weighted by Crippen LogP contribution is 2.22. The second-order valence-electron chi connectivity index (χ2n) is 5.72. The summed E-state index contributed by atoms with van der Waals surface area (Å²) >= 11 is 0. The van der Waals surface area contributed by atoms with E-state index in [1.807, 2.05) is 0 Å². The minimum Gasteiger partial charge on any atom is -0.497 e. The van der Waals surface area contributed by atoms with E-state index in [4.69, 9.17) is 9.47 Å². The summed E-state index contributed by atoms with van der Waals surface area (Å²) in [4.78, 5) is 16.6. The fourth-order valence-corrected chi connectivity index (χ4v) is 3.49. The van der Waals surface area contributed by atoms with Crippen molar-refractivity contribution in [2.45, 2.75) is 11.5 Å². The Morgan fingerprint density at radius 3 is 2.39 bits per heavy atom. The standard InChI is InChI=1S/C20H18N2O5S/c1-26-16-9-11-17(12-10-16)28(24,25)22-19-8-3-2-7-18(19)20(23)27-14-15-6-4-5-13-21-15/h2-13,22H,14H2,1H3. The summed E-state index contributed by atoms with van der Waals surface area (Å²) in [6.45, 7) is -0.0146. The third kappa shape index (κ3) is 4.66. The molecule has 7 nitrogen and oxygen atoms in total. The van der Waals surface area contributed by atoms with Crippen LogP contribution in [0.5, 0.6) is 5.75 Å². The maximum atomic E-state index is 12.6. The van der Waals surface area contributed by atoms with Gasteiger partial charge in [-0.05, 0) is 48.5 Å². The Labute approximate surface area is 163 Å². The lowest BCUT2D eigenvalue weighted by molar-refractivity contribution is 0.0469. The van der Waals surface area contributed by atoms with Crippen molar-refractivity contribution < 1.29 is 22.7 Å². The van der Waals surface area contributed by atoms with Crippen LogP contribution in [0.2, 0.25) is 0 Å². The predicted octanol–water partition coefficient (Wildman–Crippen LogP) is 3.25. The SMILES string of the molecule is COc1ccc(S(=O)(=O)Nc2ccccc2C(=O)OCc2ccccn2)cc1. The normalized spacial score (nSPS) is 10.9. The lowest BCUT2D eigenvalue weighted by Crippen LogP contribution is -2.16.